The molecule has 0 unspecified atom stereocenters. The summed E-state index contributed by atoms with van der Waals surface area (Å²) in [7, 11) is 0. The molecule has 6 nitrogen and oxygen atoms in total. The van der Waals surface area contributed by atoms with Crippen molar-refractivity contribution in [3.05, 3.63) is 30.5 Å². The summed E-state index contributed by atoms with van der Waals surface area (Å²) in [5.74, 6) is -0.0664. The highest BCUT2D eigenvalue weighted by atomic mass is 16.2. The van der Waals surface area contributed by atoms with Crippen LogP contribution in [0.15, 0.2) is 30.5 Å². The van der Waals surface area contributed by atoms with E-state index in [1.54, 1.807) is 6.07 Å². The quantitative estimate of drug-likeness (QED) is 0.728. The second-order valence-electron chi connectivity index (χ2n) is 3.60. The lowest BCUT2D eigenvalue weighted by Crippen LogP contribution is -2.31. The molecule has 0 atom stereocenters. The van der Waals surface area contributed by atoms with Crippen molar-refractivity contribution in [2.45, 2.75) is 0 Å². The number of fused-ring (bicyclic) bond motifs is 1. The SMILES string of the molecule is O=C1CNC(=O)N1c1cnc2ccccc2n1. The Morgan fingerprint density at radius 1 is 1.18 bits per heavy atom. The van der Waals surface area contributed by atoms with Crippen LogP contribution in [0.3, 0.4) is 0 Å². The zero-order valence-corrected chi connectivity index (χ0v) is 8.75. The average Bonchev–Trinajstić information content (AvgIpc) is 2.68. The number of rotatable bonds is 1. The van der Waals surface area contributed by atoms with Gasteiger partial charge in [-0.1, -0.05) is 12.1 Å². The summed E-state index contributed by atoms with van der Waals surface area (Å²) in [4.78, 5) is 32.3. The Bertz CT molecular complexity index is 610. The first-order valence-corrected chi connectivity index (χ1v) is 5.08. The monoisotopic (exact) mass is 228 g/mol. The number of nitrogens with one attached hydrogen (secondary N) is 1. The normalized spacial score (nSPS) is 15.4. The molecule has 1 aliphatic heterocycles. The predicted molar refractivity (Wildman–Crippen MR) is 60.4 cm³/mol. The van der Waals surface area contributed by atoms with Gasteiger partial charge in [0, 0.05) is 0 Å². The van der Waals surface area contributed by atoms with Crippen molar-refractivity contribution in [3.8, 4) is 0 Å². The second-order valence-corrected chi connectivity index (χ2v) is 3.60. The smallest absolute Gasteiger partial charge is 0.328 e. The van der Waals surface area contributed by atoms with E-state index in [4.69, 9.17) is 0 Å². The molecule has 84 valence electrons. The summed E-state index contributed by atoms with van der Waals surface area (Å²) in [6.45, 7) is 0.00728. The standard InChI is InChI=1S/C11H8N4O2/c16-10-6-13-11(17)15(10)9-5-12-7-3-1-2-4-8(7)14-9/h1-5H,6H2,(H,13,17). The first-order chi connectivity index (χ1) is 8.25. The number of benzene rings is 1. The van der Waals surface area contributed by atoms with Crippen LogP contribution >= 0.6 is 0 Å². The van der Waals surface area contributed by atoms with Crippen LogP contribution in [0.5, 0.6) is 0 Å². The Labute approximate surface area is 96.3 Å². The molecule has 3 rings (SSSR count). The van der Waals surface area contributed by atoms with Crippen molar-refractivity contribution in [2.75, 3.05) is 11.4 Å². The van der Waals surface area contributed by atoms with E-state index in [1.165, 1.54) is 6.20 Å². The number of carbonyl (C=O) groups is 2. The summed E-state index contributed by atoms with van der Waals surface area (Å²) in [6, 6.07) is 6.82. The fraction of sp³-hybridized carbons (Fsp3) is 0.0909. The van der Waals surface area contributed by atoms with Crippen LogP contribution in [0.2, 0.25) is 0 Å². The number of imide groups is 1. The molecule has 0 radical (unpaired) electrons. The summed E-state index contributed by atoms with van der Waals surface area (Å²) in [5, 5.41) is 2.44. The van der Waals surface area contributed by atoms with Gasteiger partial charge in [0.1, 0.15) is 0 Å². The Morgan fingerprint density at radius 2 is 1.94 bits per heavy atom. The van der Waals surface area contributed by atoms with Gasteiger partial charge in [0.15, 0.2) is 5.82 Å². The van der Waals surface area contributed by atoms with Crippen LogP contribution in [0.4, 0.5) is 10.6 Å². The minimum atomic E-state index is -0.459. The van der Waals surface area contributed by atoms with Crippen LogP contribution in [-0.2, 0) is 4.79 Å². The highest BCUT2D eigenvalue weighted by molar-refractivity contribution is 6.19. The summed E-state index contributed by atoms with van der Waals surface area (Å²) in [5.41, 5.74) is 1.38. The Balaban J connectivity index is 2.12. The topological polar surface area (TPSA) is 75.2 Å². The van der Waals surface area contributed by atoms with Gasteiger partial charge in [0.25, 0.3) is 5.91 Å². The number of aromatic nitrogens is 2. The highest BCUT2D eigenvalue weighted by Crippen LogP contribution is 2.17. The fourth-order valence-corrected chi connectivity index (χ4v) is 1.71. The minimum Gasteiger partial charge on any atom is -0.328 e. The summed E-state index contributed by atoms with van der Waals surface area (Å²) >= 11 is 0. The summed E-state index contributed by atoms with van der Waals surface area (Å²) in [6.07, 6.45) is 1.42. The highest BCUT2D eigenvalue weighted by Gasteiger charge is 2.31. The van der Waals surface area contributed by atoms with Gasteiger partial charge < -0.3 is 5.32 Å². The maximum atomic E-state index is 11.5. The third-order valence-electron chi connectivity index (χ3n) is 2.51. The maximum Gasteiger partial charge on any atom is 0.330 e. The van der Waals surface area contributed by atoms with E-state index in [-0.39, 0.29) is 18.3 Å². The molecule has 1 aromatic carbocycles. The van der Waals surface area contributed by atoms with E-state index in [1.807, 2.05) is 18.2 Å². The molecule has 1 aromatic heterocycles. The van der Waals surface area contributed by atoms with Gasteiger partial charge in [-0.3, -0.25) is 9.78 Å². The molecular formula is C11H8N4O2. The zero-order valence-electron chi connectivity index (χ0n) is 8.75. The van der Waals surface area contributed by atoms with Gasteiger partial charge in [0.2, 0.25) is 0 Å². The maximum absolute atomic E-state index is 11.5. The molecule has 6 heteroatoms. The van der Waals surface area contributed by atoms with Gasteiger partial charge >= 0.3 is 6.03 Å². The minimum absolute atomic E-state index is 0.00728. The van der Waals surface area contributed by atoms with E-state index in [2.05, 4.69) is 15.3 Å². The van der Waals surface area contributed by atoms with Crippen molar-refractivity contribution in [2.24, 2.45) is 0 Å². The molecule has 2 heterocycles. The number of anilines is 1. The van der Waals surface area contributed by atoms with E-state index < -0.39 is 6.03 Å². The van der Waals surface area contributed by atoms with Crippen molar-refractivity contribution in [1.29, 1.82) is 0 Å². The Morgan fingerprint density at radius 3 is 2.65 bits per heavy atom. The lowest BCUT2D eigenvalue weighted by molar-refractivity contribution is -0.115. The van der Waals surface area contributed by atoms with Gasteiger partial charge in [-0.25, -0.2) is 14.7 Å². The molecule has 17 heavy (non-hydrogen) atoms. The summed E-state index contributed by atoms with van der Waals surface area (Å²) < 4.78 is 0. The first kappa shape index (κ1) is 9.71. The molecule has 0 bridgehead atoms. The van der Waals surface area contributed by atoms with Crippen LogP contribution in [0, 0.1) is 0 Å². The average molecular weight is 228 g/mol. The van der Waals surface area contributed by atoms with Crippen LogP contribution in [-0.4, -0.2) is 28.5 Å². The molecule has 1 aliphatic rings. The molecule has 1 fully saturated rings. The van der Waals surface area contributed by atoms with Crippen molar-refractivity contribution in [3.63, 3.8) is 0 Å². The van der Waals surface area contributed by atoms with Crippen molar-refractivity contribution >= 4 is 28.8 Å². The van der Waals surface area contributed by atoms with Crippen molar-refractivity contribution in [1.82, 2.24) is 15.3 Å². The molecule has 2 aromatic rings. The number of carbonyl (C=O) groups excluding carboxylic acids is 2. The zero-order chi connectivity index (χ0) is 11.8. The lowest BCUT2D eigenvalue weighted by Gasteiger charge is -2.10. The van der Waals surface area contributed by atoms with Gasteiger partial charge in [-0.2, -0.15) is 0 Å². The van der Waals surface area contributed by atoms with Gasteiger partial charge in [-0.05, 0) is 12.1 Å². The van der Waals surface area contributed by atoms with Crippen LogP contribution < -0.4 is 10.2 Å². The third-order valence-corrected chi connectivity index (χ3v) is 2.51. The lowest BCUT2D eigenvalue weighted by atomic mass is 10.3. The Kier molecular flexibility index (Phi) is 2.01. The van der Waals surface area contributed by atoms with Gasteiger partial charge in [0.05, 0.1) is 23.8 Å². The second kappa shape index (κ2) is 3.51. The largest absolute Gasteiger partial charge is 0.330 e. The number of urea groups is 1. The molecule has 1 saturated heterocycles. The van der Waals surface area contributed by atoms with Gasteiger partial charge in [-0.15, -0.1) is 0 Å². The molecule has 3 amide bonds. The van der Waals surface area contributed by atoms with E-state index in [9.17, 15) is 9.59 Å². The number of nitrogens with zero attached hydrogens (tertiary/aromatic N) is 3. The number of amides is 3. The number of hydrogen-bond acceptors (Lipinski definition) is 4. The van der Waals surface area contributed by atoms with E-state index >= 15 is 0 Å². The van der Waals surface area contributed by atoms with Crippen molar-refractivity contribution < 1.29 is 9.59 Å². The van der Waals surface area contributed by atoms with Crippen LogP contribution in [0.25, 0.3) is 11.0 Å². The fourth-order valence-electron chi connectivity index (χ4n) is 1.71. The van der Waals surface area contributed by atoms with E-state index in [0.29, 0.717) is 5.52 Å². The molecular weight excluding hydrogens is 220 g/mol. The molecule has 0 saturated carbocycles. The first-order valence-electron chi connectivity index (χ1n) is 5.08. The predicted octanol–water partition coefficient (Wildman–Crippen LogP) is 0.686. The molecule has 0 spiro atoms. The molecule has 1 N–H and O–H groups in total. The molecule has 0 aliphatic carbocycles. The Hall–Kier alpha value is -2.50. The third kappa shape index (κ3) is 1.50. The number of para-hydroxylation sites is 2. The van der Waals surface area contributed by atoms with Crippen LogP contribution in [0.1, 0.15) is 0 Å². The number of hydrogen-bond donors (Lipinski definition) is 1. The van der Waals surface area contributed by atoms with E-state index in [0.717, 1.165) is 10.4 Å².